The van der Waals surface area contributed by atoms with Gasteiger partial charge in [0.2, 0.25) is 0 Å². The fourth-order valence-electron chi connectivity index (χ4n) is 1.81. The van der Waals surface area contributed by atoms with E-state index in [1.54, 1.807) is 0 Å². The molecule has 0 N–H and O–H groups in total. The molecule has 0 fully saturated rings. The van der Waals surface area contributed by atoms with Gasteiger partial charge in [0.25, 0.3) is 15.9 Å². The highest BCUT2D eigenvalue weighted by atomic mass is 32.2. The molecule has 0 saturated carbocycles. The first-order valence-corrected chi connectivity index (χ1v) is 8.07. The molecule has 0 saturated heterocycles. The number of hydrogen-bond donors (Lipinski definition) is 0. The van der Waals surface area contributed by atoms with E-state index in [2.05, 4.69) is 11.4 Å². The van der Waals surface area contributed by atoms with Crippen LogP contribution in [-0.4, -0.2) is 57.1 Å². The maximum atomic E-state index is 12.6. The summed E-state index contributed by atoms with van der Waals surface area (Å²) in [7, 11) is -1.73. The molecule has 0 radical (unpaired) electrons. The average molecular weight is 366 g/mol. The second-order valence-electron chi connectivity index (χ2n) is 4.71. The quantitative estimate of drug-likeness (QED) is 0.547. The van der Waals surface area contributed by atoms with Gasteiger partial charge in [-0.1, -0.05) is 16.6 Å². The summed E-state index contributed by atoms with van der Waals surface area (Å²) in [5.41, 5.74) is -0.188. The number of halogens is 3. The molecule has 0 atom stereocenters. The van der Waals surface area contributed by atoms with Gasteiger partial charge < -0.3 is 4.90 Å². The van der Waals surface area contributed by atoms with Crippen LogP contribution in [0.15, 0.2) is 41.8 Å². The Morgan fingerprint density at radius 2 is 2.00 bits per heavy atom. The maximum Gasteiger partial charge on any atom is 0.406 e. The van der Waals surface area contributed by atoms with Gasteiger partial charge >= 0.3 is 6.18 Å². The minimum atomic E-state index is -4.58. The largest absolute Gasteiger partial charge is 0.406 e. The van der Waals surface area contributed by atoms with Crippen LogP contribution < -0.4 is 0 Å². The number of carbonyl (C=O) groups is 1. The summed E-state index contributed by atoms with van der Waals surface area (Å²) < 4.78 is 62.6. The van der Waals surface area contributed by atoms with Crippen LogP contribution in [-0.2, 0) is 14.9 Å². The SMILES string of the molecule is C=CCN(CC(F)(F)F)C(=O)c1cccc(S(=O)(=O)N(C)OC)c1. The minimum Gasteiger partial charge on any atom is -0.326 e. The lowest BCUT2D eigenvalue weighted by Crippen LogP contribution is -2.39. The lowest BCUT2D eigenvalue weighted by atomic mass is 10.2. The number of benzene rings is 1. The Morgan fingerprint density at radius 1 is 1.38 bits per heavy atom. The van der Waals surface area contributed by atoms with E-state index >= 15 is 0 Å². The van der Waals surface area contributed by atoms with Gasteiger partial charge in [0.05, 0.1) is 12.0 Å². The van der Waals surface area contributed by atoms with Gasteiger partial charge in [-0.2, -0.15) is 13.2 Å². The Balaban J connectivity index is 3.20. The Kier molecular flexibility index (Phi) is 6.52. The predicted octanol–water partition coefficient (Wildman–Crippen LogP) is 2.06. The van der Waals surface area contributed by atoms with Crippen LogP contribution in [0.25, 0.3) is 0 Å². The van der Waals surface area contributed by atoms with Crippen molar-refractivity contribution in [2.45, 2.75) is 11.1 Å². The number of nitrogens with zero attached hydrogens (tertiary/aromatic N) is 2. The zero-order valence-corrected chi connectivity index (χ0v) is 13.9. The van der Waals surface area contributed by atoms with E-state index in [4.69, 9.17) is 0 Å². The summed E-state index contributed by atoms with van der Waals surface area (Å²) in [6.07, 6.45) is -3.43. The standard InChI is InChI=1S/C14H17F3N2O4S/c1-4-8-19(10-14(15,16)17)13(20)11-6-5-7-12(9-11)24(21,22)18(2)23-3/h4-7,9H,1,8,10H2,2-3H3. The zero-order valence-electron chi connectivity index (χ0n) is 13.1. The van der Waals surface area contributed by atoms with Gasteiger partial charge in [-0.3, -0.25) is 9.63 Å². The van der Waals surface area contributed by atoms with Gasteiger partial charge in [0.1, 0.15) is 6.54 Å². The molecular formula is C14H17F3N2O4S. The van der Waals surface area contributed by atoms with Gasteiger partial charge in [0.15, 0.2) is 0 Å². The topological polar surface area (TPSA) is 66.9 Å². The number of rotatable bonds is 7. The second-order valence-corrected chi connectivity index (χ2v) is 6.65. The van der Waals surface area contributed by atoms with Crippen molar-refractivity contribution in [3.63, 3.8) is 0 Å². The highest BCUT2D eigenvalue weighted by molar-refractivity contribution is 7.89. The first-order chi connectivity index (χ1) is 11.0. The fraction of sp³-hybridized carbons (Fsp3) is 0.357. The van der Waals surface area contributed by atoms with E-state index in [1.807, 2.05) is 0 Å². The summed E-state index contributed by atoms with van der Waals surface area (Å²) in [6, 6.07) is 4.72. The molecule has 1 aromatic rings. The first kappa shape index (κ1) is 20.1. The normalized spacial score (nSPS) is 12.2. The molecule has 0 unspecified atom stereocenters. The van der Waals surface area contributed by atoms with Crippen molar-refractivity contribution in [2.75, 3.05) is 27.2 Å². The molecule has 0 aliphatic heterocycles. The molecule has 6 nitrogen and oxygen atoms in total. The second kappa shape index (κ2) is 7.77. The first-order valence-electron chi connectivity index (χ1n) is 6.63. The third kappa shape index (κ3) is 5.05. The summed E-state index contributed by atoms with van der Waals surface area (Å²) in [4.78, 5) is 17.1. The smallest absolute Gasteiger partial charge is 0.326 e. The van der Waals surface area contributed by atoms with E-state index in [9.17, 15) is 26.4 Å². The van der Waals surface area contributed by atoms with E-state index in [0.717, 1.165) is 26.3 Å². The number of carbonyl (C=O) groups excluding carboxylic acids is 1. The Morgan fingerprint density at radius 3 is 2.50 bits per heavy atom. The van der Waals surface area contributed by atoms with Crippen molar-refractivity contribution < 1.29 is 31.2 Å². The van der Waals surface area contributed by atoms with Crippen molar-refractivity contribution in [1.29, 1.82) is 0 Å². The number of alkyl halides is 3. The fourth-order valence-corrected chi connectivity index (χ4v) is 2.83. The predicted molar refractivity (Wildman–Crippen MR) is 80.6 cm³/mol. The monoisotopic (exact) mass is 366 g/mol. The molecule has 1 aromatic carbocycles. The zero-order chi connectivity index (χ0) is 18.5. The van der Waals surface area contributed by atoms with Gasteiger partial charge in [-0.15, -0.1) is 6.58 Å². The summed E-state index contributed by atoms with van der Waals surface area (Å²) >= 11 is 0. The Labute approximate surface area is 138 Å². The third-order valence-electron chi connectivity index (χ3n) is 2.98. The number of sulfonamides is 1. The molecule has 0 bridgehead atoms. The van der Waals surface area contributed by atoms with E-state index in [1.165, 1.54) is 18.2 Å². The van der Waals surface area contributed by atoms with Gasteiger partial charge in [-0.25, -0.2) is 8.42 Å². The summed E-state index contributed by atoms with van der Waals surface area (Å²) in [5, 5.41) is 0. The number of hydroxylamine groups is 1. The minimum absolute atomic E-state index is 0.188. The molecule has 0 aliphatic carbocycles. The van der Waals surface area contributed by atoms with Crippen LogP contribution in [0.5, 0.6) is 0 Å². The van der Waals surface area contributed by atoms with Crippen LogP contribution in [0.4, 0.5) is 13.2 Å². The molecule has 0 spiro atoms. The van der Waals surface area contributed by atoms with Crippen molar-refractivity contribution in [1.82, 2.24) is 9.37 Å². The molecule has 1 amide bonds. The maximum absolute atomic E-state index is 12.6. The number of hydrogen-bond acceptors (Lipinski definition) is 4. The lowest BCUT2D eigenvalue weighted by molar-refractivity contribution is -0.139. The van der Waals surface area contributed by atoms with Crippen molar-refractivity contribution in [2.24, 2.45) is 0 Å². The lowest BCUT2D eigenvalue weighted by Gasteiger charge is -2.23. The number of amides is 1. The van der Waals surface area contributed by atoms with Crippen LogP contribution in [0.3, 0.4) is 0 Å². The van der Waals surface area contributed by atoms with E-state index in [-0.39, 0.29) is 17.0 Å². The molecule has 24 heavy (non-hydrogen) atoms. The third-order valence-corrected chi connectivity index (χ3v) is 4.66. The molecule has 0 heterocycles. The van der Waals surface area contributed by atoms with Gasteiger partial charge in [-0.05, 0) is 18.2 Å². The highest BCUT2D eigenvalue weighted by Gasteiger charge is 2.33. The summed E-state index contributed by atoms with van der Waals surface area (Å²) in [5.74, 6) is -0.954. The van der Waals surface area contributed by atoms with Crippen LogP contribution in [0, 0.1) is 0 Å². The van der Waals surface area contributed by atoms with Crippen LogP contribution in [0.2, 0.25) is 0 Å². The summed E-state index contributed by atoms with van der Waals surface area (Å²) in [6.45, 7) is 1.53. The van der Waals surface area contributed by atoms with Gasteiger partial charge in [0, 0.05) is 19.2 Å². The molecule has 0 aromatic heterocycles. The van der Waals surface area contributed by atoms with Crippen molar-refractivity contribution in [3.05, 3.63) is 42.5 Å². The molecule has 0 aliphatic rings. The highest BCUT2D eigenvalue weighted by Crippen LogP contribution is 2.20. The van der Waals surface area contributed by atoms with Crippen molar-refractivity contribution in [3.8, 4) is 0 Å². The molecule has 134 valence electrons. The molecule has 10 heteroatoms. The Hall–Kier alpha value is -1.91. The average Bonchev–Trinajstić information content (AvgIpc) is 2.51. The van der Waals surface area contributed by atoms with E-state index in [0.29, 0.717) is 9.37 Å². The van der Waals surface area contributed by atoms with Crippen molar-refractivity contribution >= 4 is 15.9 Å². The van der Waals surface area contributed by atoms with Crippen LogP contribution in [0.1, 0.15) is 10.4 Å². The van der Waals surface area contributed by atoms with Crippen LogP contribution >= 0.6 is 0 Å². The Bertz CT molecular complexity index is 704. The molecular weight excluding hydrogens is 349 g/mol. The van der Waals surface area contributed by atoms with E-state index < -0.39 is 28.7 Å². The molecule has 1 rings (SSSR count).